The van der Waals surface area contributed by atoms with Crippen LogP contribution >= 0.6 is 0 Å². The highest BCUT2D eigenvalue weighted by Gasteiger charge is 2.23. The van der Waals surface area contributed by atoms with Crippen LogP contribution in [0.1, 0.15) is 12.8 Å². The highest BCUT2D eigenvalue weighted by Crippen LogP contribution is 2.26. The van der Waals surface area contributed by atoms with Crippen molar-refractivity contribution in [1.82, 2.24) is 4.90 Å². The molecule has 0 aromatic heterocycles. The van der Waals surface area contributed by atoms with E-state index in [-0.39, 0.29) is 6.03 Å². The Hall–Kier alpha value is -2.73. The van der Waals surface area contributed by atoms with Gasteiger partial charge >= 0.3 is 6.03 Å². The monoisotopic (exact) mass is 370 g/mol. The van der Waals surface area contributed by atoms with E-state index in [0.717, 1.165) is 37.4 Å². The third-order valence-electron chi connectivity index (χ3n) is 4.59. The van der Waals surface area contributed by atoms with Crippen LogP contribution in [0.2, 0.25) is 0 Å². The first-order valence-electron chi connectivity index (χ1n) is 9.15. The summed E-state index contributed by atoms with van der Waals surface area (Å²) in [5, 5.41) is 2.95. The zero-order chi connectivity index (χ0) is 19.1. The number of hydrogen-bond donors (Lipinski definition) is 1. The van der Waals surface area contributed by atoms with Crippen molar-refractivity contribution in [3.63, 3.8) is 0 Å². The number of carbonyl (C=O) groups is 1. The lowest BCUT2D eigenvalue weighted by molar-refractivity contribution is 0.104. The molecule has 1 aliphatic rings. The normalized spacial score (nSPS) is 16.7. The van der Waals surface area contributed by atoms with Gasteiger partial charge in [-0.25, -0.2) is 4.79 Å². The predicted molar refractivity (Wildman–Crippen MR) is 105 cm³/mol. The van der Waals surface area contributed by atoms with E-state index in [1.54, 1.807) is 14.2 Å². The van der Waals surface area contributed by atoms with Gasteiger partial charge in [0.25, 0.3) is 0 Å². The topological polar surface area (TPSA) is 60.0 Å². The molecule has 3 rings (SSSR count). The number of likely N-dealkylation sites (tertiary alicyclic amines) is 1. The molecule has 1 heterocycles. The first kappa shape index (κ1) is 19.0. The zero-order valence-electron chi connectivity index (χ0n) is 15.8. The van der Waals surface area contributed by atoms with Gasteiger partial charge < -0.3 is 24.4 Å². The first-order chi connectivity index (χ1) is 13.2. The summed E-state index contributed by atoms with van der Waals surface area (Å²) in [4.78, 5) is 14.3. The van der Waals surface area contributed by atoms with Crippen LogP contribution in [-0.4, -0.2) is 44.8 Å². The number of ether oxygens (including phenoxy) is 3. The number of rotatable bonds is 6. The van der Waals surface area contributed by atoms with Gasteiger partial charge in [0.2, 0.25) is 0 Å². The number of nitrogens with zero attached hydrogens (tertiary/aromatic N) is 1. The molecule has 0 spiro atoms. The summed E-state index contributed by atoms with van der Waals surface area (Å²) < 4.78 is 16.2. The average Bonchev–Trinajstić information content (AvgIpc) is 2.70. The standard InChI is InChI=1S/C21H26N2O4/c1-25-15-16-5-4-12-23(14-16)21(24)22-17-8-10-18(11-9-17)27-20-7-3-6-19(13-20)26-2/h3,6-11,13,16H,4-5,12,14-15H2,1-2H3,(H,22,24)/t16-/m0/s1. The first-order valence-corrected chi connectivity index (χ1v) is 9.15. The van der Waals surface area contributed by atoms with Crippen molar-refractivity contribution in [3.05, 3.63) is 48.5 Å². The fraction of sp³-hybridized carbons (Fsp3) is 0.381. The highest BCUT2D eigenvalue weighted by atomic mass is 16.5. The van der Waals surface area contributed by atoms with Crippen LogP contribution in [0.25, 0.3) is 0 Å². The van der Waals surface area contributed by atoms with E-state index in [1.807, 2.05) is 53.4 Å². The minimum atomic E-state index is -0.0720. The number of nitrogens with one attached hydrogen (secondary N) is 1. The van der Waals surface area contributed by atoms with Gasteiger partial charge in [-0.1, -0.05) is 6.07 Å². The lowest BCUT2D eigenvalue weighted by Crippen LogP contribution is -2.43. The molecule has 1 atom stereocenters. The summed E-state index contributed by atoms with van der Waals surface area (Å²) in [6.07, 6.45) is 2.11. The summed E-state index contributed by atoms with van der Waals surface area (Å²) >= 11 is 0. The molecule has 27 heavy (non-hydrogen) atoms. The number of methoxy groups -OCH3 is 2. The number of piperidine rings is 1. The Balaban J connectivity index is 1.56. The molecular weight excluding hydrogens is 344 g/mol. The second kappa shape index (κ2) is 9.28. The van der Waals surface area contributed by atoms with Crippen LogP contribution in [0.3, 0.4) is 0 Å². The van der Waals surface area contributed by atoms with E-state index < -0.39 is 0 Å². The second-order valence-corrected chi connectivity index (χ2v) is 6.65. The minimum Gasteiger partial charge on any atom is -0.497 e. The van der Waals surface area contributed by atoms with Crippen molar-refractivity contribution in [3.8, 4) is 17.2 Å². The molecule has 0 unspecified atom stereocenters. The molecular formula is C21H26N2O4. The number of benzene rings is 2. The Kier molecular flexibility index (Phi) is 6.54. The van der Waals surface area contributed by atoms with Crippen molar-refractivity contribution in [2.24, 2.45) is 5.92 Å². The molecule has 2 aromatic rings. The highest BCUT2D eigenvalue weighted by molar-refractivity contribution is 5.89. The van der Waals surface area contributed by atoms with Gasteiger partial charge in [0, 0.05) is 37.9 Å². The summed E-state index contributed by atoms with van der Waals surface area (Å²) in [6.45, 7) is 2.21. The van der Waals surface area contributed by atoms with Crippen LogP contribution in [0.15, 0.2) is 48.5 Å². The molecule has 0 bridgehead atoms. The average molecular weight is 370 g/mol. The lowest BCUT2D eigenvalue weighted by Gasteiger charge is -2.32. The van der Waals surface area contributed by atoms with Crippen LogP contribution in [0.4, 0.5) is 10.5 Å². The number of urea groups is 1. The van der Waals surface area contributed by atoms with Gasteiger partial charge in [-0.3, -0.25) is 0 Å². The maximum atomic E-state index is 12.5. The molecule has 1 fully saturated rings. The van der Waals surface area contributed by atoms with E-state index in [0.29, 0.717) is 24.0 Å². The van der Waals surface area contributed by atoms with E-state index in [2.05, 4.69) is 5.32 Å². The molecule has 6 nitrogen and oxygen atoms in total. The Labute approximate surface area is 160 Å². The van der Waals surface area contributed by atoms with Gasteiger partial charge in [0.15, 0.2) is 0 Å². The molecule has 0 aliphatic carbocycles. The molecule has 2 aromatic carbocycles. The zero-order valence-corrected chi connectivity index (χ0v) is 15.8. The predicted octanol–water partition coefficient (Wildman–Crippen LogP) is 4.38. The van der Waals surface area contributed by atoms with Crippen LogP contribution < -0.4 is 14.8 Å². The SMILES string of the molecule is COC[C@H]1CCCN(C(=O)Nc2ccc(Oc3cccc(OC)c3)cc2)C1. The minimum absolute atomic E-state index is 0.0720. The molecule has 2 amide bonds. The molecule has 1 saturated heterocycles. The Morgan fingerprint density at radius 3 is 2.63 bits per heavy atom. The largest absolute Gasteiger partial charge is 0.497 e. The van der Waals surface area contributed by atoms with Gasteiger partial charge in [-0.2, -0.15) is 0 Å². The van der Waals surface area contributed by atoms with E-state index >= 15 is 0 Å². The fourth-order valence-corrected chi connectivity index (χ4v) is 3.23. The molecule has 1 aliphatic heterocycles. The maximum Gasteiger partial charge on any atom is 0.321 e. The lowest BCUT2D eigenvalue weighted by atomic mass is 9.99. The third kappa shape index (κ3) is 5.37. The Morgan fingerprint density at radius 1 is 1.11 bits per heavy atom. The van der Waals surface area contributed by atoms with Crippen molar-refractivity contribution in [2.45, 2.75) is 12.8 Å². The van der Waals surface area contributed by atoms with Crippen LogP contribution in [0, 0.1) is 5.92 Å². The van der Waals surface area contributed by atoms with E-state index in [1.165, 1.54) is 0 Å². The number of carbonyl (C=O) groups excluding carboxylic acids is 1. The number of hydrogen-bond acceptors (Lipinski definition) is 4. The maximum absolute atomic E-state index is 12.5. The smallest absolute Gasteiger partial charge is 0.321 e. The molecule has 6 heteroatoms. The molecule has 144 valence electrons. The number of anilines is 1. The van der Waals surface area contributed by atoms with Crippen LogP contribution in [0.5, 0.6) is 17.2 Å². The van der Waals surface area contributed by atoms with Gasteiger partial charge in [0.1, 0.15) is 17.2 Å². The van der Waals surface area contributed by atoms with E-state index in [4.69, 9.17) is 14.2 Å². The van der Waals surface area contributed by atoms with Gasteiger partial charge in [-0.05, 0) is 49.2 Å². The van der Waals surface area contributed by atoms with Gasteiger partial charge in [-0.15, -0.1) is 0 Å². The van der Waals surface area contributed by atoms with E-state index in [9.17, 15) is 4.79 Å². The summed E-state index contributed by atoms with van der Waals surface area (Å²) in [6, 6.07) is 14.7. The van der Waals surface area contributed by atoms with Crippen molar-refractivity contribution < 1.29 is 19.0 Å². The summed E-state index contributed by atoms with van der Waals surface area (Å²) in [5.41, 5.74) is 0.742. The van der Waals surface area contributed by atoms with Crippen molar-refractivity contribution >= 4 is 11.7 Å². The van der Waals surface area contributed by atoms with Gasteiger partial charge in [0.05, 0.1) is 13.7 Å². The van der Waals surface area contributed by atoms with Crippen LogP contribution in [-0.2, 0) is 4.74 Å². The molecule has 1 N–H and O–H groups in total. The Morgan fingerprint density at radius 2 is 1.89 bits per heavy atom. The summed E-state index contributed by atoms with van der Waals surface area (Å²) in [5.74, 6) is 2.54. The second-order valence-electron chi connectivity index (χ2n) is 6.65. The van der Waals surface area contributed by atoms with Crippen molar-refractivity contribution in [2.75, 3.05) is 39.2 Å². The van der Waals surface area contributed by atoms with Crippen molar-refractivity contribution in [1.29, 1.82) is 0 Å². The number of amides is 2. The molecule has 0 saturated carbocycles. The Bertz CT molecular complexity index is 746. The molecule has 0 radical (unpaired) electrons. The quantitative estimate of drug-likeness (QED) is 0.820. The third-order valence-corrected chi connectivity index (χ3v) is 4.59. The fourth-order valence-electron chi connectivity index (χ4n) is 3.23. The summed E-state index contributed by atoms with van der Waals surface area (Å²) in [7, 11) is 3.32.